The highest BCUT2D eigenvalue weighted by atomic mass is 16.2. The summed E-state index contributed by atoms with van der Waals surface area (Å²) < 4.78 is 0. The number of hydrogen-bond acceptors (Lipinski definition) is 2. The lowest BCUT2D eigenvalue weighted by atomic mass is 10.1. The Morgan fingerprint density at radius 2 is 1.65 bits per heavy atom. The van der Waals surface area contributed by atoms with Crippen molar-refractivity contribution in [3.8, 4) is 0 Å². The van der Waals surface area contributed by atoms with Gasteiger partial charge in [-0.25, -0.2) is 0 Å². The fourth-order valence-electron chi connectivity index (χ4n) is 2.34. The Morgan fingerprint density at radius 1 is 1.00 bits per heavy atom. The number of rotatable bonds is 6. The Morgan fingerprint density at radius 3 is 2.22 bits per heavy atom. The Kier molecular flexibility index (Phi) is 5.92. The summed E-state index contributed by atoms with van der Waals surface area (Å²) in [6.07, 6.45) is 1.21. The smallest absolute Gasteiger partial charge is 0.226 e. The first-order chi connectivity index (χ1) is 11.1. The molecule has 0 aromatic heterocycles. The lowest BCUT2D eigenvalue weighted by Gasteiger charge is -2.21. The zero-order valence-electron chi connectivity index (χ0n) is 13.6. The molecule has 4 heteroatoms. The molecule has 4 nitrogen and oxygen atoms in total. The number of benzene rings is 2. The quantitative estimate of drug-likeness (QED) is 0.885. The number of hydrogen-bond donors (Lipinski definition) is 1. The van der Waals surface area contributed by atoms with Gasteiger partial charge in [0.25, 0.3) is 0 Å². The first-order valence-corrected chi connectivity index (χ1v) is 7.82. The number of nitrogens with one attached hydrogen (secondary N) is 1. The largest absolute Gasteiger partial charge is 0.326 e. The summed E-state index contributed by atoms with van der Waals surface area (Å²) in [6, 6.07) is 17.2. The van der Waals surface area contributed by atoms with Crippen molar-refractivity contribution in [1.29, 1.82) is 0 Å². The van der Waals surface area contributed by atoms with Crippen LogP contribution < -0.4 is 10.2 Å². The Hall–Kier alpha value is -2.62. The van der Waals surface area contributed by atoms with Crippen molar-refractivity contribution < 1.29 is 9.59 Å². The van der Waals surface area contributed by atoms with E-state index >= 15 is 0 Å². The number of carbonyl (C=O) groups excluding carboxylic acids is 2. The van der Waals surface area contributed by atoms with Crippen molar-refractivity contribution in [2.24, 2.45) is 0 Å². The number of nitrogens with zero attached hydrogens (tertiary/aromatic N) is 1. The molecule has 1 N–H and O–H groups in total. The van der Waals surface area contributed by atoms with Gasteiger partial charge in [-0.15, -0.1) is 0 Å². The van der Waals surface area contributed by atoms with E-state index < -0.39 is 0 Å². The fraction of sp³-hybridized carbons (Fsp3) is 0.263. The van der Waals surface area contributed by atoms with Crippen molar-refractivity contribution in [2.75, 3.05) is 16.8 Å². The molecule has 2 aromatic rings. The fourth-order valence-corrected chi connectivity index (χ4v) is 2.34. The number of carbonyl (C=O) groups is 2. The molecule has 0 aliphatic rings. The molecule has 2 aromatic carbocycles. The van der Waals surface area contributed by atoms with Gasteiger partial charge in [-0.1, -0.05) is 37.3 Å². The Labute approximate surface area is 137 Å². The van der Waals surface area contributed by atoms with Crippen LogP contribution >= 0.6 is 0 Å². The summed E-state index contributed by atoms with van der Waals surface area (Å²) in [5.41, 5.74) is 2.81. The molecule has 2 rings (SSSR count). The minimum atomic E-state index is -0.104. The Bertz CT molecular complexity index is 651. The maximum absolute atomic E-state index is 12.0. The molecule has 23 heavy (non-hydrogen) atoms. The van der Waals surface area contributed by atoms with Crippen LogP contribution in [0.25, 0.3) is 0 Å². The second-order valence-corrected chi connectivity index (χ2v) is 5.35. The molecule has 0 saturated heterocycles. The van der Waals surface area contributed by atoms with Gasteiger partial charge in [-0.3, -0.25) is 9.59 Å². The van der Waals surface area contributed by atoms with Gasteiger partial charge >= 0.3 is 0 Å². The molecule has 0 aliphatic heterocycles. The lowest BCUT2D eigenvalue weighted by Crippen LogP contribution is -2.31. The van der Waals surface area contributed by atoms with Gasteiger partial charge in [-0.05, 0) is 36.2 Å². The van der Waals surface area contributed by atoms with Crippen LogP contribution in [-0.4, -0.2) is 18.4 Å². The standard InChI is InChI=1S/C19H22N2O2/c1-3-16-9-11-18(12-10-16)21(15(2)22)14-13-19(23)20-17-7-5-4-6-8-17/h4-12H,3,13-14H2,1-2H3,(H,20,23). The van der Waals surface area contributed by atoms with E-state index in [0.717, 1.165) is 17.8 Å². The summed E-state index contributed by atoms with van der Waals surface area (Å²) in [5.74, 6) is -0.172. The van der Waals surface area contributed by atoms with Crippen molar-refractivity contribution >= 4 is 23.2 Å². The maximum atomic E-state index is 12.0. The molecule has 0 saturated carbocycles. The van der Waals surface area contributed by atoms with Gasteiger partial charge in [0.05, 0.1) is 0 Å². The number of aryl methyl sites for hydroxylation is 1. The van der Waals surface area contributed by atoms with Crippen LogP contribution in [-0.2, 0) is 16.0 Å². The van der Waals surface area contributed by atoms with Crippen molar-refractivity contribution in [3.63, 3.8) is 0 Å². The first-order valence-electron chi connectivity index (χ1n) is 7.82. The van der Waals surface area contributed by atoms with Gasteiger partial charge < -0.3 is 10.2 Å². The minimum Gasteiger partial charge on any atom is -0.326 e. The summed E-state index contributed by atoms with van der Waals surface area (Å²) in [6.45, 7) is 3.97. The summed E-state index contributed by atoms with van der Waals surface area (Å²) in [5, 5.41) is 2.83. The molecule has 0 spiro atoms. The van der Waals surface area contributed by atoms with E-state index in [0.29, 0.717) is 6.54 Å². The second kappa shape index (κ2) is 8.13. The van der Waals surface area contributed by atoms with Gasteiger partial charge in [0.1, 0.15) is 0 Å². The molecule has 2 amide bonds. The summed E-state index contributed by atoms with van der Waals surface area (Å²) >= 11 is 0. The van der Waals surface area contributed by atoms with Crippen LogP contribution in [0.4, 0.5) is 11.4 Å². The Balaban J connectivity index is 1.96. The maximum Gasteiger partial charge on any atom is 0.226 e. The van der Waals surface area contributed by atoms with Crippen molar-refractivity contribution in [1.82, 2.24) is 0 Å². The molecule has 0 bridgehead atoms. The molecule has 0 fully saturated rings. The molecule has 120 valence electrons. The van der Waals surface area contributed by atoms with Crippen molar-refractivity contribution in [2.45, 2.75) is 26.7 Å². The average molecular weight is 310 g/mol. The van der Waals surface area contributed by atoms with Gasteiger partial charge in [0.2, 0.25) is 11.8 Å². The average Bonchev–Trinajstić information content (AvgIpc) is 2.56. The third-order valence-corrected chi connectivity index (χ3v) is 3.66. The topological polar surface area (TPSA) is 49.4 Å². The van der Waals surface area contributed by atoms with Crippen LogP contribution in [0.5, 0.6) is 0 Å². The van der Waals surface area contributed by atoms with Gasteiger partial charge in [0.15, 0.2) is 0 Å². The van der Waals surface area contributed by atoms with E-state index in [1.165, 1.54) is 12.5 Å². The van der Waals surface area contributed by atoms with Crippen LogP contribution in [0.15, 0.2) is 54.6 Å². The number of amides is 2. The molecule has 0 aliphatic carbocycles. The van der Waals surface area contributed by atoms with Gasteiger partial charge in [-0.2, -0.15) is 0 Å². The monoisotopic (exact) mass is 310 g/mol. The number of para-hydroxylation sites is 1. The van der Waals surface area contributed by atoms with Crippen LogP contribution in [0, 0.1) is 0 Å². The molecule has 0 atom stereocenters. The van der Waals surface area contributed by atoms with Crippen LogP contribution in [0.1, 0.15) is 25.8 Å². The lowest BCUT2D eigenvalue weighted by molar-refractivity contribution is -0.117. The molecule has 0 heterocycles. The molecular weight excluding hydrogens is 288 g/mol. The highest BCUT2D eigenvalue weighted by Crippen LogP contribution is 2.16. The molecule has 0 radical (unpaired) electrons. The summed E-state index contributed by atoms with van der Waals surface area (Å²) in [4.78, 5) is 25.5. The van der Waals surface area contributed by atoms with E-state index in [1.54, 1.807) is 4.90 Å². The predicted octanol–water partition coefficient (Wildman–Crippen LogP) is 3.63. The van der Waals surface area contributed by atoms with Crippen molar-refractivity contribution in [3.05, 3.63) is 60.2 Å². The minimum absolute atomic E-state index is 0.0678. The SMILES string of the molecule is CCc1ccc(N(CCC(=O)Nc2ccccc2)C(C)=O)cc1. The number of anilines is 2. The third kappa shape index (κ3) is 4.95. The predicted molar refractivity (Wildman–Crippen MR) is 93.5 cm³/mol. The third-order valence-electron chi connectivity index (χ3n) is 3.66. The molecule has 0 unspecified atom stereocenters. The van der Waals surface area contributed by atoms with E-state index in [4.69, 9.17) is 0 Å². The van der Waals surface area contributed by atoms with E-state index in [9.17, 15) is 9.59 Å². The first kappa shape index (κ1) is 16.7. The highest BCUT2D eigenvalue weighted by molar-refractivity contribution is 5.94. The second-order valence-electron chi connectivity index (χ2n) is 5.35. The summed E-state index contributed by atoms with van der Waals surface area (Å²) in [7, 11) is 0. The van der Waals surface area contributed by atoms with Crippen LogP contribution in [0.3, 0.4) is 0 Å². The normalized spacial score (nSPS) is 10.2. The van der Waals surface area contributed by atoms with E-state index in [2.05, 4.69) is 12.2 Å². The van der Waals surface area contributed by atoms with Gasteiger partial charge in [0, 0.05) is 31.3 Å². The zero-order chi connectivity index (χ0) is 16.7. The van der Waals surface area contributed by atoms with E-state index in [1.807, 2.05) is 54.6 Å². The highest BCUT2D eigenvalue weighted by Gasteiger charge is 2.13. The van der Waals surface area contributed by atoms with Crippen LogP contribution in [0.2, 0.25) is 0 Å². The van der Waals surface area contributed by atoms with E-state index in [-0.39, 0.29) is 18.2 Å². The molecular formula is C19H22N2O2. The zero-order valence-corrected chi connectivity index (χ0v) is 13.6.